The van der Waals surface area contributed by atoms with Gasteiger partial charge in [0, 0.05) is 31.6 Å². The monoisotopic (exact) mass is 418 g/mol. The smallest absolute Gasteiger partial charge is 0.289 e. The van der Waals surface area contributed by atoms with Gasteiger partial charge in [-0.3, -0.25) is 9.69 Å². The quantitative estimate of drug-likeness (QED) is 0.492. The molecule has 1 fully saturated rings. The lowest BCUT2D eigenvalue weighted by atomic mass is 10.2. The van der Waals surface area contributed by atoms with Crippen molar-refractivity contribution in [3.63, 3.8) is 0 Å². The minimum absolute atomic E-state index is 0.0704. The summed E-state index contributed by atoms with van der Waals surface area (Å²) in [4.78, 5) is 16.9. The van der Waals surface area contributed by atoms with Crippen LogP contribution in [0.15, 0.2) is 59.0 Å². The van der Waals surface area contributed by atoms with E-state index in [4.69, 9.17) is 9.15 Å². The highest BCUT2D eigenvalue weighted by Crippen LogP contribution is 2.21. The van der Waals surface area contributed by atoms with E-state index in [-0.39, 0.29) is 5.91 Å². The molecule has 9 heteroatoms. The Balaban J connectivity index is 1.22. The van der Waals surface area contributed by atoms with Crippen LogP contribution in [-0.2, 0) is 6.54 Å². The summed E-state index contributed by atoms with van der Waals surface area (Å²) in [6.45, 7) is 3.33. The first-order valence-corrected chi connectivity index (χ1v) is 10.1. The third-order valence-electron chi connectivity index (χ3n) is 5.51. The minimum Gasteiger partial charge on any atom is -0.497 e. The van der Waals surface area contributed by atoms with Crippen molar-refractivity contribution in [3.05, 3.63) is 66.2 Å². The Bertz CT molecular complexity index is 1160. The first kappa shape index (κ1) is 19.3. The summed E-state index contributed by atoms with van der Waals surface area (Å²) in [5.41, 5.74) is 1.61. The van der Waals surface area contributed by atoms with Crippen LogP contribution in [0.25, 0.3) is 16.7 Å². The molecule has 0 aliphatic carbocycles. The number of benzene rings is 2. The number of fused-ring (bicyclic) bond motifs is 1. The molecule has 0 N–H and O–H groups in total. The highest BCUT2D eigenvalue weighted by atomic mass is 16.5. The van der Waals surface area contributed by atoms with Gasteiger partial charge in [0.1, 0.15) is 11.3 Å². The average molecular weight is 418 g/mol. The Hall–Kier alpha value is -3.72. The second kappa shape index (κ2) is 8.19. The molecule has 9 nitrogen and oxygen atoms in total. The van der Waals surface area contributed by atoms with Crippen LogP contribution in [0.5, 0.6) is 5.75 Å². The SMILES string of the molecule is COc1ccc(-n2nnnc2CN2CCN(C(=O)c3cc4ccccc4o3)CC2)cc1. The summed E-state index contributed by atoms with van der Waals surface area (Å²) in [6, 6.07) is 17.1. The number of nitrogens with zero attached hydrogens (tertiary/aromatic N) is 6. The number of tetrazole rings is 1. The highest BCUT2D eigenvalue weighted by molar-refractivity contribution is 5.96. The van der Waals surface area contributed by atoms with Gasteiger partial charge in [-0.25, -0.2) is 0 Å². The van der Waals surface area contributed by atoms with Crippen molar-refractivity contribution in [2.75, 3.05) is 33.3 Å². The van der Waals surface area contributed by atoms with Crippen molar-refractivity contribution < 1.29 is 13.9 Å². The summed E-state index contributed by atoms with van der Waals surface area (Å²) >= 11 is 0. The molecule has 2 aromatic carbocycles. The number of para-hydroxylation sites is 1. The van der Waals surface area contributed by atoms with Crippen molar-refractivity contribution in [1.82, 2.24) is 30.0 Å². The van der Waals surface area contributed by atoms with E-state index in [1.807, 2.05) is 59.5 Å². The Labute approximate surface area is 178 Å². The van der Waals surface area contributed by atoms with Crippen molar-refractivity contribution in [1.29, 1.82) is 0 Å². The van der Waals surface area contributed by atoms with E-state index in [2.05, 4.69) is 20.4 Å². The fourth-order valence-corrected chi connectivity index (χ4v) is 3.78. The Morgan fingerprint density at radius 1 is 1.06 bits per heavy atom. The number of furan rings is 1. The van der Waals surface area contributed by atoms with Crippen LogP contribution in [0.4, 0.5) is 0 Å². The number of rotatable bonds is 5. The molecule has 5 rings (SSSR count). The maximum absolute atomic E-state index is 12.9. The summed E-state index contributed by atoms with van der Waals surface area (Å²) < 4.78 is 12.7. The molecule has 2 aromatic heterocycles. The second-order valence-corrected chi connectivity index (χ2v) is 7.42. The molecule has 31 heavy (non-hydrogen) atoms. The molecule has 1 amide bonds. The van der Waals surface area contributed by atoms with E-state index < -0.39 is 0 Å². The van der Waals surface area contributed by atoms with Crippen LogP contribution in [-0.4, -0.2) is 69.2 Å². The number of ether oxygens (including phenoxy) is 1. The molecule has 1 saturated heterocycles. The fraction of sp³-hybridized carbons (Fsp3) is 0.273. The second-order valence-electron chi connectivity index (χ2n) is 7.42. The standard InChI is InChI=1S/C22H22N6O3/c1-30-18-8-6-17(7-9-18)28-21(23-24-25-28)15-26-10-12-27(13-11-26)22(29)20-14-16-4-2-3-5-19(16)31-20/h2-9,14H,10-13,15H2,1H3. The third-order valence-corrected chi connectivity index (χ3v) is 5.51. The first-order valence-electron chi connectivity index (χ1n) is 10.1. The summed E-state index contributed by atoms with van der Waals surface area (Å²) in [5.74, 6) is 1.85. The van der Waals surface area contributed by atoms with Crippen molar-refractivity contribution in [2.24, 2.45) is 0 Å². The van der Waals surface area contributed by atoms with Crippen LogP contribution in [0.3, 0.4) is 0 Å². The van der Waals surface area contributed by atoms with Gasteiger partial charge in [-0.05, 0) is 46.8 Å². The average Bonchev–Trinajstić information content (AvgIpc) is 3.46. The van der Waals surface area contributed by atoms with E-state index in [1.54, 1.807) is 11.8 Å². The van der Waals surface area contributed by atoms with E-state index in [1.165, 1.54) is 0 Å². The van der Waals surface area contributed by atoms with Crippen molar-refractivity contribution >= 4 is 16.9 Å². The number of hydrogen-bond acceptors (Lipinski definition) is 7. The van der Waals surface area contributed by atoms with Gasteiger partial charge in [0.05, 0.1) is 19.3 Å². The van der Waals surface area contributed by atoms with Gasteiger partial charge in [0.2, 0.25) is 0 Å². The summed E-state index contributed by atoms with van der Waals surface area (Å²) in [7, 11) is 1.63. The van der Waals surface area contributed by atoms with Crippen LogP contribution < -0.4 is 4.74 Å². The van der Waals surface area contributed by atoms with Crippen molar-refractivity contribution in [3.8, 4) is 11.4 Å². The lowest BCUT2D eigenvalue weighted by Gasteiger charge is -2.33. The van der Waals surface area contributed by atoms with E-state index in [0.717, 1.165) is 41.3 Å². The molecule has 158 valence electrons. The molecular formula is C22H22N6O3. The normalized spacial score (nSPS) is 14.8. The Morgan fingerprint density at radius 2 is 1.84 bits per heavy atom. The number of methoxy groups -OCH3 is 1. The maximum Gasteiger partial charge on any atom is 0.289 e. The molecule has 3 heterocycles. The number of carbonyl (C=O) groups excluding carboxylic acids is 1. The zero-order valence-corrected chi connectivity index (χ0v) is 17.1. The molecule has 1 aliphatic heterocycles. The maximum atomic E-state index is 12.9. The van der Waals surface area contributed by atoms with Gasteiger partial charge >= 0.3 is 0 Å². The van der Waals surface area contributed by atoms with Crippen LogP contribution in [0.1, 0.15) is 16.4 Å². The number of hydrogen-bond donors (Lipinski definition) is 0. The topological polar surface area (TPSA) is 89.5 Å². The number of amides is 1. The zero-order valence-electron chi connectivity index (χ0n) is 17.1. The summed E-state index contributed by atoms with van der Waals surface area (Å²) in [5, 5.41) is 13.1. The predicted molar refractivity (Wildman–Crippen MR) is 113 cm³/mol. The van der Waals surface area contributed by atoms with Gasteiger partial charge in [-0.15, -0.1) is 5.10 Å². The zero-order chi connectivity index (χ0) is 21.2. The largest absolute Gasteiger partial charge is 0.497 e. The van der Waals surface area contributed by atoms with Crippen LogP contribution in [0, 0.1) is 0 Å². The molecule has 1 aliphatic rings. The fourth-order valence-electron chi connectivity index (χ4n) is 3.78. The number of piperazine rings is 1. The van der Waals surface area contributed by atoms with Crippen molar-refractivity contribution in [2.45, 2.75) is 6.54 Å². The third kappa shape index (κ3) is 3.87. The molecule has 0 atom stereocenters. The molecule has 0 unspecified atom stereocenters. The first-order chi connectivity index (χ1) is 15.2. The molecule has 4 aromatic rings. The molecule has 0 radical (unpaired) electrons. The van der Waals surface area contributed by atoms with Crippen LogP contribution >= 0.6 is 0 Å². The lowest BCUT2D eigenvalue weighted by Crippen LogP contribution is -2.48. The Kier molecular flexibility index (Phi) is 5.09. The number of carbonyl (C=O) groups is 1. The minimum atomic E-state index is -0.0704. The Morgan fingerprint density at radius 3 is 2.58 bits per heavy atom. The lowest BCUT2D eigenvalue weighted by molar-refractivity contribution is 0.0596. The number of aromatic nitrogens is 4. The van der Waals surface area contributed by atoms with Gasteiger partial charge in [-0.2, -0.15) is 4.68 Å². The van der Waals surface area contributed by atoms with E-state index in [0.29, 0.717) is 25.4 Å². The highest BCUT2D eigenvalue weighted by Gasteiger charge is 2.25. The van der Waals surface area contributed by atoms with Crippen LogP contribution in [0.2, 0.25) is 0 Å². The molecule has 0 saturated carbocycles. The van der Waals surface area contributed by atoms with Gasteiger partial charge < -0.3 is 14.1 Å². The van der Waals surface area contributed by atoms with E-state index in [9.17, 15) is 4.79 Å². The molecule has 0 bridgehead atoms. The predicted octanol–water partition coefficient (Wildman–Crippen LogP) is 2.38. The molecular weight excluding hydrogens is 396 g/mol. The summed E-state index contributed by atoms with van der Waals surface area (Å²) in [6.07, 6.45) is 0. The van der Waals surface area contributed by atoms with Gasteiger partial charge in [0.25, 0.3) is 5.91 Å². The van der Waals surface area contributed by atoms with Gasteiger partial charge in [0.15, 0.2) is 11.6 Å². The molecule has 0 spiro atoms. The van der Waals surface area contributed by atoms with E-state index >= 15 is 0 Å². The van der Waals surface area contributed by atoms with Gasteiger partial charge in [-0.1, -0.05) is 18.2 Å².